The second kappa shape index (κ2) is 8.08. The fourth-order valence-electron chi connectivity index (χ4n) is 2.20. The van der Waals surface area contributed by atoms with E-state index in [9.17, 15) is 4.79 Å². The zero-order valence-corrected chi connectivity index (χ0v) is 13.7. The summed E-state index contributed by atoms with van der Waals surface area (Å²) >= 11 is 0. The number of ether oxygens (including phenoxy) is 2. The van der Waals surface area contributed by atoms with Crippen LogP contribution in [0.4, 0.5) is 16.2 Å². The Labute approximate surface area is 136 Å². The predicted molar refractivity (Wildman–Crippen MR) is 92.6 cm³/mol. The summed E-state index contributed by atoms with van der Waals surface area (Å²) < 4.78 is 10.5. The molecular formula is C18H22N2O3. The van der Waals surface area contributed by atoms with Crippen LogP contribution in [0.15, 0.2) is 48.5 Å². The van der Waals surface area contributed by atoms with Gasteiger partial charge in [0.05, 0.1) is 13.7 Å². The highest BCUT2D eigenvalue weighted by Crippen LogP contribution is 2.21. The van der Waals surface area contributed by atoms with Crippen LogP contribution in [-0.4, -0.2) is 26.3 Å². The van der Waals surface area contributed by atoms with Crippen molar-refractivity contribution in [3.8, 4) is 11.5 Å². The Bertz CT molecular complexity index is 624. The van der Waals surface area contributed by atoms with Crippen molar-refractivity contribution in [2.75, 3.05) is 30.5 Å². The number of benzene rings is 2. The third-order valence-electron chi connectivity index (χ3n) is 3.36. The molecule has 2 rings (SSSR count). The Balaban J connectivity index is 2.07. The Morgan fingerprint density at radius 2 is 1.61 bits per heavy atom. The van der Waals surface area contributed by atoms with E-state index in [0.29, 0.717) is 13.2 Å². The molecule has 2 amide bonds. The summed E-state index contributed by atoms with van der Waals surface area (Å²) in [6, 6.07) is 14.5. The highest BCUT2D eigenvalue weighted by atomic mass is 16.5. The van der Waals surface area contributed by atoms with Gasteiger partial charge in [0, 0.05) is 17.9 Å². The van der Waals surface area contributed by atoms with Crippen LogP contribution in [0, 0.1) is 0 Å². The van der Waals surface area contributed by atoms with Crippen LogP contribution >= 0.6 is 0 Å². The third kappa shape index (κ3) is 4.39. The molecule has 0 aliphatic carbocycles. The number of anilines is 2. The summed E-state index contributed by atoms with van der Waals surface area (Å²) in [4.78, 5) is 14.1. The summed E-state index contributed by atoms with van der Waals surface area (Å²) in [5.74, 6) is 1.55. The van der Waals surface area contributed by atoms with Crippen molar-refractivity contribution in [1.82, 2.24) is 0 Å². The van der Waals surface area contributed by atoms with Gasteiger partial charge in [-0.1, -0.05) is 0 Å². The van der Waals surface area contributed by atoms with Gasteiger partial charge in [-0.05, 0) is 62.4 Å². The molecule has 23 heavy (non-hydrogen) atoms. The molecule has 0 unspecified atom stereocenters. The Kier molecular flexibility index (Phi) is 5.86. The van der Waals surface area contributed by atoms with Crippen molar-refractivity contribution in [1.29, 1.82) is 0 Å². The number of nitrogens with zero attached hydrogens (tertiary/aromatic N) is 1. The van der Waals surface area contributed by atoms with E-state index in [0.717, 1.165) is 22.9 Å². The highest BCUT2D eigenvalue weighted by Gasteiger charge is 2.14. The molecule has 5 heteroatoms. The highest BCUT2D eigenvalue weighted by molar-refractivity contribution is 6.01. The Hall–Kier alpha value is -2.69. The van der Waals surface area contributed by atoms with Crippen molar-refractivity contribution in [2.24, 2.45) is 0 Å². The minimum Gasteiger partial charge on any atom is -0.497 e. The van der Waals surface area contributed by atoms with Gasteiger partial charge in [-0.25, -0.2) is 4.79 Å². The van der Waals surface area contributed by atoms with Crippen LogP contribution in [0.2, 0.25) is 0 Å². The standard InChI is InChI=1S/C18H22N2O3/c1-4-20(15-8-12-17(13-9-15)23-5-2)18(21)19-14-6-10-16(22-3)11-7-14/h6-13H,4-5H2,1-3H3,(H,19,21). The van der Waals surface area contributed by atoms with Gasteiger partial charge in [-0.2, -0.15) is 0 Å². The Morgan fingerprint density at radius 1 is 1.00 bits per heavy atom. The molecule has 0 aliphatic heterocycles. The zero-order valence-electron chi connectivity index (χ0n) is 13.7. The van der Waals surface area contributed by atoms with Gasteiger partial charge in [-0.15, -0.1) is 0 Å². The first-order chi connectivity index (χ1) is 11.2. The zero-order chi connectivity index (χ0) is 16.7. The fourth-order valence-corrected chi connectivity index (χ4v) is 2.20. The molecule has 2 aromatic carbocycles. The molecular weight excluding hydrogens is 292 g/mol. The molecule has 0 spiro atoms. The molecule has 0 aliphatic rings. The topological polar surface area (TPSA) is 50.8 Å². The van der Waals surface area contributed by atoms with Crippen LogP contribution in [0.3, 0.4) is 0 Å². The van der Waals surface area contributed by atoms with Crippen LogP contribution in [0.25, 0.3) is 0 Å². The van der Waals surface area contributed by atoms with E-state index in [2.05, 4.69) is 5.32 Å². The lowest BCUT2D eigenvalue weighted by Gasteiger charge is -2.22. The third-order valence-corrected chi connectivity index (χ3v) is 3.36. The second-order valence-electron chi connectivity index (χ2n) is 4.83. The number of methoxy groups -OCH3 is 1. The molecule has 122 valence electrons. The number of carbonyl (C=O) groups excluding carboxylic acids is 1. The Morgan fingerprint density at radius 3 is 2.13 bits per heavy atom. The van der Waals surface area contributed by atoms with E-state index in [1.165, 1.54) is 0 Å². The maximum absolute atomic E-state index is 12.5. The minimum atomic E-state index is -0.179. The predicted octanol–water partition coefficient (Wildman–Crippen LogP) is 4.15. The molecule has 1 N–H and O–H groups in total. The minimum absolute atomic E-state index is 0.179. The quantitative estimate of drug-likeness (QED) is 0.871. The van der Waals surface area contributed by atoms with Gasteiger partial charge < -0.3 is 14.8 Å². The van der Waals surface area contributed by atoms with Crippen molar-refractivity contribution in [3.05, 3.63) is 48.5 Å². The summed E-state index contributed by atoms with van der Waals surface area (Å²) in [5, 5.41) is 2.88. The van der Waals surface area contributed by atoms with Crippen molar-refractivity contribution >= 4 is 17.4 Å². The van der Waals surface area contributed by atoms with E-state index in [4.69, 9.17) is 9.47 Å². The smallest absolute Gasteiger partial charge is 0.326 e. The monoisotopic (exact) mass is 314 g/mol. The largest absolute Gasteiger partial charge is 0.497 e. The second-order valence-corrected chi connectivity index (χ2v) is 4.83. The normalized spacial score (nSPS) is 10.0. The first-order valence-corrected chi connectivity index (χ1v) is 7.63. The number of hydrogen-bond acceptors (Lipinski definition) is 3. The van der Waals surface area contributed by atoms with E-state index in [1.54, 1.807) is 12.0 Å². The summed E-state index contributed by atoms with van der Waals surface area (Å²) in [6.07, 6.45) is 0. The lowest BCUT2D eigenvalue weighted by Crippen LogP contribution is -2.34. The van der Waals surface area contributed by atoms with Crippen molar-refractivity contribution in [2.45, 2.75) is 13.8 Å². The fraction of sp³-hybridized carbons (Fsp3) is 0.278. The van der Waals surface area contributed by atoms with Crippen LogP contribution in [0.5, 0.6) is 11.5 Å². The van der Waals surface area contributed by atoms with Gasteiger partial charge in [-0.3, -0.25) is 4.90 Å². The maximum atomic E-state index is 12.5. The average Bonchev–Trinajstić information content (AvgIpc) is 2.58. The molecule has 0 heterocycles. The number of carbonyl (C=O) groups is 1. The molecule has 0 radical (unpaired) electrons. The van der Waals surface area contributed by atoms with Crippen molar-refractivity contribution < 1.29 is 14.3 Å². The van der Waals surface area contributed by atoms with E-state index in [1.807, 2.05) is 62.4 Å². The average molecular weight is 314 g/mol. The van der Waals surface area contributed by atoms with E-state index >= 15 is 0 Å². The lowest BCUT2D eigenvalue weighted by atomic mass is 10.2. The molecule has 5 nitrogen and oxygen atoms in total. The summed E-state index contributed by atoms with van der Waals surface area (Å²) in [7, 11) is 1.61. The van der Waals surface area contributed by atoms with Crippen LogP contribution in [0.1, 0.15) is 13.8 Å². The first kappa shape index (κ1) is 16.7. The van der Waals surface area contributed by atoms with E-state index < -0.39 is 0 Å². The van der Waals surface area contributed by atoms with Gasteiger partial charge in [0.2, 0.25) is 0 Å². The maximum Gasteiger partial charge on any atom is 0.326 e. The molecule has 2 aromatic rings. The van der Waals surface area contributed by atoms with Gasteiger partial charge in [0.25, 0.3) is 0 Å². The van der Waals surface area contributed by atoms with E-state index in [-0.39, 0.29) is 6.03 Å². The molecule has 0 atom stereocenters. The van der Waals surface area contributed by atoms with Gasteiger partial charge in [0.15, 0.2) is 0 Å². The van der Waals surface area contributed by atoms with Crippen LogP contribution < -0.4 is 19.7 Å². The first-order valence-electron chi connectivity index (χ1n) is 7.63. The number of rotatable bonds is 6. The molecule has 0 aromatic heterocycles. The SMILES string of the molecule is CCOc1ccc(N(CC)C(=O)Nc2ccc(OC)cc2)cc1. The van der Waals surface area contributed by atoms with Crippen LogP contribution in [-0.2, 0) is 0 Å². The molecule has 0 bridgehead atoms. The molecule has 0 fully saturated rings. The number of urea groups is 1. The number of nitrogens with one attached hydrogen (secondary N) is 1. The lowest BCUT2D eigenvalue weighted by molar-refractivity contribution is 0.257. The summed E-state index contributed by atoms with van der Waals surface area (Å²) in [5.41, 5.74) is 1.54. The molecule has 0 saturated carbocycles. The van der Waals surface area contributed by atoms with Gasteiger partial charge in [0.1, 0.15) is 11.5 Å². The van der Waals surface area contributed by atoms with Gasteiger partial charge >= 0.3 is 6.03 Å². The molecule has 0 saturated heterocycles. The number of amides is 2. The van der Waals surface area contributed by atoms with Crippen molar-refractivity contribution in [3.63, 3.8) is 0 Å². The number of hydrogen-bond donors (Lipinski definition) is 1. The summed E-state index contributed by atoms with van der Waals surface area (Å²) in [6.45, 7) is 5.06.